The predicted molar refractivity (Wildman–Crippen MR) is 104 cm³/mol. The summed E-state index contributed by atoms with van der Waals surface area (Å²) in [5, 5.41) is 23.3. The standard InChI is InChI=1S/C20H22N2O7/c1-20(2,3)29-19(25)21-16(18(23)24)17(13-9-5-4-6-10-13)28-15-12-8-7-11-14(15)22(26)27/h4-12,16-17H,1-3H3,(H,21,25)(H,23,24)/t16-,17?/m0/s1. The molecule has 9 nitrogen and oxygen atoms in total. The van der Waals surface area contributed by atoms with Crippen molar-refractivity contribution in [2.45, 2.75) is 38.5 Å². The SMILES string of the molecule is CC(C)(C)OC(=O)N[C@H](C(=O)O)C(Oc1ccccc1[N+](=O)[O-])c1ccccc1. The minimum absolute atomic E-state index is 0.122. The molecule has 2 N–H and O–H groups in total. The van der Waals surface area contributed by atoms with Crippen molar-refractivity contribution < 1.29 is 29.1 Å². The summed E-state index contributed by atoms with van der Waals surface area (Å²) in [6, 6.07) is 12.3. The normalized spacial score (nSPS) is 13.1. The Balaban J connectivity index is 2.42. The van der Waals surface area contributed by atoms with E-state index in [4.69, 9.17) is 9.47 Å². The molecule has 0 aliphatic rings. The molecule has 9 heteroatoms. The molecule has 2 aromatic rings. The quantitative estimate of drug-likeness (QED) is 0.534. The third-order valence-corrected chi connectivity index (χ3v) is 3.69. The molecule has 2 atom stereocenters. The fourth-order valence-corrected chi connectivity index (χ4v) is 2.52. The molecule has 0 aliphatic heterocycles. The van der Waals surface area contributed by atoms with Crippen LogP contribution in [0.3, 0.4) is 0 Å². The molecule has 29 heavy (non-hydrogen) atoms. The van der Waals surface area contributed by atoms with E-state index in [0.29, 0.717) is 5.56 Å². The second-order valence-corrected chi connectivity index (χ2v) is 7.14. The van der Waals surface area contributed by atoms with Crippen LogP contribution in [0.5, 0.6) is 5.75 Å². The maximum absolute atomic E-state index is 12.2. The third-order valence-electron chi connectivity index (χ3n) is 3.69. The molecule has 0 heterocycles. The fourth-order valence-electron chi connectivity index (χ4n) is 2.52. The Hall–Kier alpha value is -3.62. The second-order valence-electron chi connectivity index (χ2n) is 7.14. The summed E-state index contributed by atoms with van der Waals surface area (Å²) in [6.45, 7) is 4.92. The molecular formula is C20H22N2O7. The average Bonchev–Trinajstić information content (AvgIpc) is 2.64. The summed E-state index contributed by atoms with van der Waals surface area (Å²) in [5.74, 6) is -1.51. The highest BCUT2D eigenvalue weighted by atomic mass is 16.6. The van der Waals surface area contributed by atoms with E-state index in [1.165, 1.54) is 24.3 Å². The number of para-hydroxylation sites is 2. The van der Waals surface area contributed by atoms with Crippen molar-refractivity contribution in [3.05, 3.63) is 70.3 Å². The lowest BCUT2D eigenvalue weighted by molar-refractivity contribution is -0.386. The van der Waals surface area contributed by atoms with E-state index in [1.807, 2.05) is 0 Å². The first kappa shape index (κ1) is 21.7. The van der Waals surface area contributed by atoms with Crippen molar-refractivity contribution in [2.24, 2.45) is 0 Å². The zero-order valence-electron chi connectivity index (χ0n) is 16.2. The number of benzene rings is 2. The first-order valence-corrected chi connectivity index (χ1v) is 8.76. The lowest BCUT2D eigenvalue weighted by Crippen LogP contribution is -2.48. The van der Waals surface area contributed by atoms with E-state index >= 15 is 0 Å². The lowest BCUT2D eigenvalue weighted by Gasteiger charge is -2.27. The lowest BCUT2D eigenvalue weighted by atomic mass is 10.0. The van der Waals surface area contributed by atoms with E-state index < -0.39 is 34.7 Å². The van der Waals surface area contributed by atoms with Crippen molar-refractivity contribution >= 4 is 17.7 Å². The molecule has 1 amide bonds. The van der Waals surface area contributed by atoms with Crippen LogP contribution in [0.4, 0.5) is 10.5 Å². The van der Waals surface area contributed by atoms with Gasteiger partial charge in [-0.2, -0.15) is 0 Å². The number of aliphatic carboxylic acids is 1. The molecule has 0 saturated carbocycles. The largest absolute Gasteiger partial charge is 0.480 e. The molecule has 2 aromatic carbocycles. The number of carbonyl (C=O) groups is 2. The molecule has 0 aromatic heterocycles. The van der Waals surface area contributed by atoms with Crippen LogP contribution >= 0.6 is 0 Å². The Labute approximate surface area is 167 Å². The van der Waals surface area contributed by atoms with E-state index in [1.54, 1.807) is 51.1 Å². The van der Waals surface area contributed by atoms with Crippen molar-refractivity contribution in [3.8, 4) is 5.75 Å². The summed E-state index contributed by atoms with van der Waals surface area (Å²) in [7, 11) is 0. The van der Waals surface area contributed by atoms with Gasteiger partial charge in [-0.3, -0.25) is 10.1 Å². The van der Waals surface area contributed by atoms with Gasteiger partial charge in [0.1, 0.15) is 5.60 Å². The van der Waals surface area contributed by atoms with Gasteiger partial charge in [0, 0.05) is 6.07 Å². The van der Waals surface area contributed by atoms with Gasteiger partial charge in [0.15, 0.2) is 17.9 Å². The first-order chi connectivity index (χ1) is 13.6. The molecule has 0 bridgehead atoms. The van der Waals surface area contributed by atoms with Crippen LogP contribution in [0, 0.1) is 10.1 Å². The number of amides is 1. The number of carboxylic acids is 1. The van der Waals surface area contributed by atoms with Crippen LogP contribution in [-0.2, 0) is 9.53 Å². The van der Waals surface area contributed by atoms with E-state index in [-0.39, 0.29) is 11.4 Å². The summed E-state index contributed by atoms with van der Waals surface area (Å²) in [6.07, 6.45) is -2.20. The van der Waals surface area contributed by atoms with Gasteiger partial charge in [-0.1, -0.05) is 42.5 Å². The number of carbonyl (C=O) groups excluding carboxylic acids is 1. The van der Waals surface area contributed by atoms with Gasteiger partial charge in [-0.15, -0.1) is 0 Å². The van der Waals surface area contributed by atoms with Crippen LogP contribution in [-0.4, -0.2) is 33.7 Å². The van der Waals surface area contributed by atoms with E-state index in [0.717, 1.165) is 0 Å². The minimum Gasteiger partial charge on any atom is -0.480 e. The molecule has 0 aliphatic carbocycles. The summed E-state index contributed by atoms with van der Waals surface area (Å²) >= 11 is 0. The van der Waals surface area contributed by atoms with Crippen LogP contribution in [0.25, 0.3) is 0 Å². The molecule has 0 fully saturated rings. The number of nitro benzene ring substituents is 1. The third kappa shape index (κ3) is 6.20. The number of nitro groups is 1. The molecule has 2 rings (SSSR count). The molecule has 0 radical (unpaired) electrons. The molecule has 0 spiro atoms. The highest BCUT2D eigenvalue weighted by Crippen LogP contribution is 2.32. The number of nitrogens with one attached hydrogen (secondary N) is 1. The van der Waals surface area contributed by atoms with Gasteiger partial charge in [0.25, 0.3) is 0 Å². The van der Waals surface area contributed by atoms with Gasteiger partial charge in [-0.25, -0.2) is 9.59 Å². The zero-order chi connectivity index (χ0) is 21.6. The van der Waals surface area contributed by atoms with Gasteiger partial charge in [-0.05, 0) is 32.4 Å². The van der Waals surface area contributed by atoms with Gasteiger partial charge < -0.3 is 19.9 Å². The number of carboxylic acid groups (broad SMARTS) is 1. The van der Waals surface area contributed by atoms with Crippen LogP contribution in [0.1, 0.15) is 32.4 Å². The number of nitrogens with zero attached hydrogens (tertiary/aromatic N) is 1. The highest BCUT2D eigenvalue weighted by molar-refractivity contribution is 5.81. The Kier molecular flexibility index (Phi) is 6.76. The van der Waals surface area contributed by atoms with Gasteiger partial charge >= 0.3 is 17.7 Å². The maximum Gasteiger partial charge on any atom is 0.408 e. The Morgan fingerprint density at radius 1 is 1.07 bits per heavy atom. The van der Waals surface area contributed by atoms with Crippen LogP contribution in [0.2, 0.25) is 0 Å². The summed E-state index contributed by atoms with van der Waals surface area (Å²) in [4.78, 5) is 34.8. The van der Waals surface area contributed by atoms with E-state index in [9.17, 15) is 24.8 Å². The number of alkyl carbamates (subject to hydrolysis) is 1. The zero-order valence-corrected chi connectivity index (χ0v) is 16.2. The predicted octanol–water partition coefficient (Wildman–Crippen LogP) is 3.69. The number of ether oxygens (including phenoxy) is 2. The van der Waals surface area contributed by atoms with Crippen molar-refractivity contribution in [3.63, 3.8) is 0 Å². The molecule has 0 saturated heterocycles. The number of hydrogen-bond donors (Lipinski definition) is 2. The molecule has 154 valence electrons. The highest BCUT2D eigenvalue weighted by Gasteiger charge is 2.35. The molecule has 1 unspecified atom stereocenters. The van der Waals surface area contributed by atoms with Crippen molar-refractivity contribution in [2.75, 3.05) is 0 Å². The number of hydrogen-bond acceptors (Lipinski definition) is 6. The maximum atomic E-state index is 12.2. The Bertz CT molecular complexity index is 878. The second kappa shape index (κ2) is 9.05. The van der Waals surface area contributed by atoms with Crippen LogP contribution < -0.4 is 10.1 Å². The average molecular weight is 402 g/mol. The van der Waals surface area contributed by atoms with Crippen molar-refractivity contribution in [1.82, 2.24) is 5.32 Å². The molecular weight excluding hydrogens is 380 g/mol. The van der Waals surface area contributed by atoms with Gasteiger partial charge in [0.2, 0.25) is 0 Å². The number of rotatable bonds is 7. The van der Waals surface area contributed by atoms with Crippen LogP contribution in [0.15, 0.2) is 54.6 Å². The minimum atomic E-state index is -1.56. The Morgan fingerprint density at radius 3 is 2.21 bits per heavy atom. The topological polar surface area (TPSA) is 128 Å². The smallest absolute Gasteiger partial charge is 0.408 e. The van der Waals surface area contributed by atoms with Gasteiger partial charge in [0.05, 0.1) is 4.92 Å². The van der Waals surface area contributed by atoms with E-state index in [2.05, 4.69) is 5.32 Å². The monoisotopic (exact) mass is 402 g/mol. The fraction of sp³-hybridized carbons (Fsp3) is 0.300. The Morgan fingerprint density at radius 2 is 1.66 bits per heavy atom. The summed E-state index contributed by atoms with van der Waals surface area (Å²) in [5.41, 5.74) is -0.752. The summed E-state index contributed by atoms with van der Waals surface area (Å²) < 4.78 is 10.9. The van der Waals surface area contributed by atoms with Crippen molar-refractivity contribution in [1.29, 1.82) is 0 Å². The first-order valence-electron chi connectivity index (χ1n) is 8.76.